The second kappa shape index (κ2) is 5.80. The normalized spacial score (nSPS) is 20.8. The Labute approximate surface area is 101 Å². The lowest BCUT2D eigenvalue weighted by atomic mass is 9.94. The summed E-state index contributed by atoms with van der Waals surface area (Å²) in [6.45, 7) is 1.62. The van der Waals surface area contributed by atoms with E-state index in [1.807, 2.05) is 12.1 Å². The number of amides is 1. The lowest BCUT2D eigenvalue weighted by Gasteiger charge is -2.13. The summed E-state index contributed by atoms with van der Waals surface area (Å²) in [7, 11) is 0. The molecule has 0 aliphatic carbocycles. The molecule has 17 heavy (non-hydrogen) atoms. The van der Waals surface area contributed by atoms with E-state index in [2.05, 4.69) is 17.6 Å². The lowest BCUT2D eigenvalue weighted by Crippen LogP contribution is -2.15. The topological polar surface area (TPSA) is 64.4 Å². The standard InChI is InChI=1S/C13H18N2O2/c14-13(16)8-10-3-5-11(6-4-10)12-2-1-7-15-17-9-12/h3-6,12,15H,1-2,7-9H2,(H2,14,16). The lowest BCUT2D eigenvalue weighted by molar-refractivity contribution is -0.117. The Balaban J connectivity index is 2.03. The molecule has 1 saturated heterocycles. The van der Waals surface area contributed by atoms with Crippen molar-refractivity contribution in [3.05, 3.63) is 35.4 Å². The average Bonchev–Trinajstić information content (AvgIpc) is 2.58. The predicted octanol–water partition coefficient (Wildman–Crippen LogP) is 1.11. The van der Waals surface area contributed by atoms with Crippen molar-refractivity contribution in [2.75, 3.05) is 13.2 Å². The Morgan fingerprint density at radius 1 is 1.41 bits per heavy atom. The fraction of sp³-hybridized carbons (Fsp3) is 0.462. The summed E-state index contributed by atoms with van der Waals surface area (Å²) in [5.74, 6) is 0.146. The fourth-order valence-electron chi connectivity index (χ4n) is 2.11. The third-order valence-corrected chi connectivity index (χ3v) is 3.05. The van der Waals surface area contributed by atoms with Crippen molar-refractivity contribution in [1.29, 1.82) is 0 Å². The molecule has 1 amide bonds. The molecule has 0 saturated carbocycles. The number of hydroxylamine groups is 1. The average molecular weight is 234 g/mol. The van der Waals surface area contributed by atoms with Gasteiger partial charge in [0.1, 0.15) is 0 Å². The van der Waals surface area contributed by atoms with Crippen molar-refractivity contribution < 1.29 is 9.63 Å². The molecule has 92 valence electrons. The largest absolute Gasteiger partial charge is 0.369 e. The zero-order valence-corrected chi connectivity index (χ0v) is 9.82. The molecule has 1 aromatic rings. The number of primary amides is 1. The van der Waals surface area contributed by atoms with Gasteiger partial charge < -0.3 is 10.6 Å². The van der Waals surface area contributed by atoms with E-state index in [-0.39, 0.29) is 5.91 Å². The molecular formula is C13H18N2O2. The molecule has 1 fully saturated rings. The summed E-state index contributed by atoms with van der Waals surface area (Å²) in [6.07, 6.45) is 2.55. The van der Waals surface area contributed by atoms with Crippen LogP contribution in [0.1, 0.15) is 29.9 Å². The van der Waals surface area contributed by atoms with Gasteiger partial charge in [0, 0.05) is 12.5 Å². The number of nitrogens with two attached hydrogens (primary N) is 1. The van der Waals surface area contributed by atoms with Crippen LogP contribution in [0.2, 0.25) is 0 Å². The van der Waals surface area contributed by atoms with Crippen LogP contribution in [0.15, 0.2) is 24.3 Å². The predicted molar refractivity (Wildman–Crippen MR) is 65.3 cm³/mol. The zero-order valence-electron chi connectivity index (χ0n) is 9.82. The van der Waals surface area contributed by atoms with E-state index in [9.17, 15) is 4.79 Å². The molecule has 4 nitrogen and oxygen atoms in total. The van der Waals surface area contributed by atoms with Gasteiger partial charge in [-0.3, -0.25) is 4.79 Å². The summed E-state index contributed by atoms with van der Waals surface area (Å²) in [5, 5.41) is 0. The number of rotatable bonds is 3. The van der Waals surface area contributed by atoms with E-state index >= 15 is 0 Å². The molecule has 4 heteroatoms. The number of hydrogen-bond acceptors (Lipinski definition) is 3. The molecule has 1 aliphatic heterocycles. The van der Waals surface area contributed by atoms with Gasteiger partial charge in [-0.15, -0.1) is 0 Å². The van der Waals surface area contributed by atoms with Crippen molar-refractivity contribution in [1.82, 2.24) is 5.48 Å². The van der Waals surface area contributed by atoms with E-state index in [0.29, 0.717) is 18.9 Å². The molecule has 1 heterocycles. The first kappa shape index (κ1) is 12.1. The van der Waals surface area contributed by atoms with Gasteiger partial charge in [-0.05, 0) is 24.0 Å². The van der Waals surface area contributed by atoms with Gasteiger partial charge in [-0.25, -0.2) is 5.48 Å². The number of carbonyl (C=O) groups excluding carboxylic acids is 1. The second-order valence-corrected chi connectivity index (χ2v) is 4.43. The van der Waals surface area contributed by atoms with Crippen LogP contribution in [0.5, 0.6) is 0 Å². The monoisotopic (exact) mass is 234 g/mol. The molecule has 0 aromatic heterocycles. The van der Waals surface area contributed by atoms with Crippen molar-refractivity contribution >= 4 is 5.91 Å². The first-order valence-corrected chi connectivity index (χ1v) is 5.97. The SMILES string of the molecule is NC(=O)Cc1ccc(C2CCCNOC2)cc1. The highest BCUT2D eigenvalue weighted by Gasteiger charge is 2.14. The highest BCUT2D eigenvalue weighted by Crippen LogP contribution is 2.23. The van der Waals surface area contributed by atoms with Gasteiger partial charge in [-0.1, -0.05) is 24.3 Å². The summed E-state index contributed by atoms with van der Waals surface area (Å²) >= 11 is 0. The van der Waals surface area contributed by atoms with Crippen LogP contribution in [0.3, 0.4) is 0 Å². The maximum absolute atomic E-state index is 10.8. The first-order valence-electron chi connectivity index (χ1n) is 5.97. The summed E-state index contributed by atoms with van der Waals surface area (Å²) in [4.78, 5) is 16.1. The van der Waals surface area contributed by atoms with Gasteiger partial charge in [-0.2, -0.15) is 0 Å². The van der Waals surface area contributed by atoms with E-state index in [1.165, 1.54) is 5.56 Å². The van der Waals surface area contributed by atoms with Crippen LogP contribution in [0.25, 0.3) is 0 Å². The minimum atomic E-state index is -0.292. The van der Waals surface area contributed by atoms with E-state index in [4.69, 9.17) is 10.6 Å². The maximum atomic E-state index is 10.8. The summed E-state index contributed by atoms with van der Waals surface area (Å²) in [6, 6.07) is 8.08. The summed E-state index contributed by atoms with van der Waals surface area (Å²) in [5.41, 5.74) is 10.3. The Morgan fingerprint density at radius 3 is 2.88 bits per heavy atom. The zero-order chi connectivity index (χ0) is 12.1. The number of hydrogen-bond donors (Lipinski definition) is 2. The van der Waals surface area contributed by atoms with Gasteiger partial charge in [0.2, 0.25) is 5.91 Å². The minimum Gasteiger partial charge on any atom is -0.369 e. The first-order chi connectivity index (χ1) is 8.25. The Hall–Kier alpha value is -1.39. The Bertz CT molecular complexity index is 368. The van der Waals surface area contributed by atoms with Crippen molar-refractivity contribution in [3.63, 3.8) is 0 Å². The van der Waals surface area contributed by atoms with Crippen LogP contribution in [-0.4, -0.2) is 19.1 Å². The number of carbonyl (C=O) groups is 1. The molecule has 2 rings (SSSR count). The number of benzene rings is 1. The van der Waals surface area contributed by atoms with Crippen LogP contribution >= 0.6 is 0 Å². The minimum absolute atomic E-state index is 0.292. The molecule has 3 N–H and O–H groups in total. The molecule has 1 atom stereocenters. The Morgan fingerprint density at radius 2 is 2.18 bits per heavy atom. The Kier molecular flexibility index (Phi) is 4.12. The van der Waals surface area contributed by atoms with Gasteiger partial charge >= 0.3 is 0 Å². The van der Waals surface area contributed by atoms with E-state index in [1.54, 1.807) is 0 Å². The van der Waals surface area contributed by atoms with Crippen LogP contribution in [-0.2, 0) is 16.1 Å². The molecule has 1 unspecified atom stereocenters. The highest BCUT2D eigenvalue weighted by molar-refractivity contribution is 5.76. The van der Waals surface area contributed by atoms with Crippen LogP contribution < -0.4 is 11.2 Å². The summed E-state index contributed by atoms with van der Waals surface area (Å²) < 4.78 is 0. The van der Waals surface area contributed by atoms with Crippen LogP contribution in [0.4, 0.5) is 0 Å². The maximum Gasteiger partial charge on any atom is 0.221 e. The van der Waals surface area contributed by atoms with Crippen molar-refractivity contribution in [3.8, 4) is 0 Å². The van der Waals surface area contributed by atoms with Crippen molar-refractivity contribution in [2.45, 2.75) is 25.2 Å². The molecule has 1 aliphatic rings. The molecule has 0 spiro atoms. The van der Waals surface area contributed by atoms with Gasteiger partial charge in [0.15, 0.2) is 0 Å². The van der Waals surface area contributed by atoms with E-state index in [0.717, 1.165) is 24.9 Å². The third kappa shape index (κ3) is 3.54. The molecule has 0 radical (unpaired) electrons. The molecule has 0 bridgehead atoms. The quantitative estimate of drug-likeness (QED) is 0.823. The molecule has 1 aromatic carbocycles. The highest BCUT2D eigenvalue weighted by atomic mass is 16.6. The van der Waals surface area contributed by atoms with Crippen molar-refractivity contribution in [2.24, 2.45) is 5.73 Å². The third-order valence-electron chi connectivity index (χ3n) is 3.05. The second-order valence-electron chi connectivity index (χ2n) is 4.43. The van der Waals surface area contributed by atoms with Gasteiger partial charge in [0.25, 0.3) is 0 Å². The smallest absolute Gasteiger partial charge is 0.221 e. The van der Waals surface area contributed by atoms with Crippen LogP contribution in [0, 0.1) is 0 Å². The molecular weight excluding hydrogens is 216 g/mol. The van der Waals surface area contributed by atoms with E-state index < -0.39 is 0 Å². The van der Waals surface area contributed by atoms with Gasteiger partial charge in [0.05, 0.1) is 13.0 Å². The number of nitrogens with one attached hydrogen (secondary N) is 1. The fourth-order valence-corrected chi connectivity index (χ4v) is 2.11.